The molecular formula is C38H39ClFN3O12. The van der Waals surface area contributed by atoms with Crippen LogP contribution in [-0.4, -0.2) is 95.3 Å². The highest BCUT2D eigenvalue weighted by molar-refractivity contribution is 6.30. The number of aromatic nitrogens is 2. The van der Waals surface area contributed by atoms with Crippen LogP contribution >= 0.6 is 11.6 Å². The van der Waals surface area contributed by atoms with E-state index in [1.165, 1.54) is 6.07 Å². The van der Waals surface area contributed by atoms with Gasteiger partial charge in [0.1, 0.15) is 11.6 Å². The summed E-state index contributed by atoms with van der Waals surface area (Å²) in [6, 6.07) is 15.5. The molecule has 2 fully saturated rings. The van der Waals surface area contributed by atoms with Crippen molar-refractivity contribution in [3.05, 3.63) is 88.0 Å². The summed E-state index contributed by atoms with van der Waals surface area (Å²) in [5, 5.41) is 43.7. The van der Waals surface area contributed by atoms with E-state index >= 15 is 0 Å². The van der Waals surface area contributed by atoms with Crippen LogP contribution in [0.4, 0.5) is 4.39 Å². The zero-order valence-corrected chi connectivity index (χ0v) is 30.4. The normalized spacial score (nSPS) is 19.7. The Balaban J connectivity index is 0.000000341. The summed E-state index contributed by atoms with van der Waals surface area (Å²) in [5.74, 6) is -5.26. The molecule has 0 spiro atoms. The number of para-hydroxylation sites is 1. The van der Waals surface area contributed by atoms with Crippen molar-refractivity contribution in [2.24, 2.45) is 0 Å². The van der Waals surface area contributed by atoms with E-state index in [1.54, 1.807) is 37.3 Å². The number of likely N-dealkylation sites (tertiary alicyclic amines) is 1. The number of aromatic carboxylic acids is 1. The number of benzene rings is 3. The van der Waals surface area contributed by atoms with Gasteiger partial charge < -0.3 is 44.3 Å². The number of halogens is 2. The highest BCUT2D eigenvalue weighted by Crippen LogP contribution is 2.50. The third kappa shape index (κ3) is 8.67. The van der Waals surface area contributed by atoms with E-state index in [0.29, 0.717) is 35.2 Å². The molecule has 0 bridgehead atoms. The molecule has 4 heterocycles. The van der Waals surface area contributed by atoms with Crippen molar-refractivity contribution in [3.63, 3.8) is 0 Å². The lowest BCUT2D eigenvalue weighted by Gasteiger charge is -2.33. The molecule has 2 unspecified atom stereocenters. The Morgan fingerprint density at radius 1 is 0.964 bits per heavy atom. The number of carbonyl (C=O) groups is 4. The second-order valence-electron chi connectivity index (χ2n) is 13.9. The largest absolute Gasteiger partial charge is 0.481 e. The number of aliphatic carboxylic acids is 3. The van der Waals surface area contributed by atoms with Crippen LogP contribution in [0.1, 0.15) is 72.3 Å². The van der Waals surface area contributed by atoms with Crippen molar-refractivity contribution in [1.29, 1.82) is 0 Å². The molecule has 17 heteroatoms. The van der Waals surface area contributed by atoms with Gasteiger partial charge in [-0.1, -0.05) is 23.7 Å². The third-order valence-electron chi connectivity index (χ3n) is 9.96. The number of carboxylic acids is 4. The molecule has 55 heavy (non-hydrogen) atoms. The summed E-state index contributed by atoms with van der Waals surface area (Å²) in [6.07, 6.45) is 0.653. The highest BCUT2D eigenvalue weighted by atomic mass is 35.5. The lowest BCUT2D eigenvalue weighted by atomic mass is 9.88. The Kier molecular flexibility index (Phi) is 11.3. The van der Waals surface area contributed by atoms with Crippen molar-refractivity contribution >= 4 is 46.5 Å². The molecular weight excluding hydrogens is 745 g/mol. The van der Waals surface area contributed by atoms with Gasteiger partial charge in [0, 0.05) is 24.1 Å². The Bertz CT molecular complexity index is 2110. The zero-order chi connectivity index (χ0) is 39.7. The van der Waals surface area contributed by atoms with Crippen LogP contribution in [0.2, 0.25) is 5.02 Å². The lowest BCUT2D eigenvalue weighted by molar-refractivity contribution is -0.170. The summed E-state index contributed by atoms with van der Waals surface area (Å²) < 4.78 is 35.2. The molecule has 7 rings (SSSR count). The van der Waals surface area contributed by atoms with Gasteiger partial charge in [-0.25, -0.2) is 19.0 Å². The van der Waals surface area contributed by atoms with Crippen LogP contribution in [0.15, 0.2) is 54.6 Å². The standard InChI is InChI=1S/C32H31ClFN3O5.C6H8O7/c1-32(24-7-6-21(33)16-25(24)34)41-28-4-2-3-23(30(28)42-32)19-9-12-36(13-10-19)18-29-35-26-8-5-20(31(38)39)15-27(26)37(29)17-22-11-14-40-22;7-3(8)1-6(13,5(11)12)2-4(9)10/h2-8,15-16,19,22H,9-14,17-18H2,1H3,(H,38,39);13H,1-2H2,(H,7,8)(H,9,10)(H,11,12). The van der Waals surface area contributed by atoms with Gasteiger partial charge in [0.2, 0.25) is 0 Å². The van der Waals surface area contributed by atoms with Gasteiger partial charge in [-0.2, -0.15) is 0 Å². The number of hydrogen-bond acceptors (Lipinski definition) is 10. The van der Waals surface area contributed by atoms with E-state index in [4.69, 9.17) is 51.2 Å². The van der Waals surface area contributed by atoms with Gasteiger partial charge in [0.15, 0.2) is 17.1 Å². The number of fused-ring (bicyclic) bond motifs is 2. The Morgan fingerprint density at radius 2 is 1.65 bits per heavy atom. The number of hydrogen-bond donors (Lipinski definition) is 5. The summed E-state index contributed by atoms with van der Waals surface area (Å²) in [7, 11) is 0. The van der Waals surface area contributed by atoms with Crippen LogP contribution in [0.3, 0.4) is 0 Å². The Morgan fingerprint density at radius 3 is 2.24 bits per heavy atom. The number of piperidine rings is 1. The van der Waals surface area contributed by atoms with E-state index in [1.807, 2.05) is 12.1 Å². The summed E-state index contributed by atoms with van der Waals surface area (Å²) in [6.45, 7) is 5.53. The van der Waals surface area contributed by atoms with Gasteiger partial charge in [0.25, 0.3) is 5.79 Å². The maximum atomic E-state index is 14.8. The molecule has 2 atom stereocenters. The quantitative estimate of drug-likeness (QED) is 0.126. The predicted octanol–water partition coefficient (Wildman–Crippen LogP) is 5.09. The molecule has 0 saturated carbocycles. The topological polar surface area (TPSA) is 218 Å². The fraction of sp³-hybridized carbons (Fsp3) is 0.395. The van der Waals surface area contributed by atoms with E-state index < -0.39 is 53.9 Å². The molecule has 3 aromatic carbocycles. The summed E-state index contributed by atoms with van der Waals surface area (Å²) >= 11 is 5.97. The molecule has 292 valence electrons. The maximum Gasteiger partial charge on any atom is 0.336 e. The van der Waals surface area contributed by atoms with Gasteiger partial charge >= 0.3 is 23.9 Å². The van der Waals surface area contributed by atoms with Gasteiger partial charge in [-0.05, 0) is 80.7 Å². The van der Waals surface area contributed by atoms with Crippen molar-refractivity contribution in [3.8, 4) is 11.5 Å². The number of carboxylic acid groups (broad SMARTS) is 4. The molecule has 1 aromatic heterocycles. The van der Waals surface area contributed by atoms with Crippen molar-refractivity contribution < 1.29 is 63.3 Å². The summed E-state index contributed by atoms with van der Waals surface area (Å²) in [4.78, 5) is 49.4. The Hall–Kier alpha value is -5.29. The van der Waals surface area contributed by atoms with Gasteiger partial charge in [0.05, 0.1) is 54.2 Å². The minimum absolute atomic E-state index is 0.120. The van der Waals surface area contributed by atoms with E-state index in [2.05, 4.69) is 15.5 Å². The number of aliphatic hydroxyl groups is 1. The lowest BCUT2D eigenvalue weighted by Crippen LogP contribution is -2.42. The molecule has 3 aliphatic rings. The first-order chi connectivity index (χ1) is 26.0. The fourth-order valence-corrected chi connectivity index (χ4v) is 7.17. The minimum atomic E-state index is -2.74. The highest BCUT2D eigenvalue weighted by Gasteiger charge is 2.43. The molecule has 3 aliphatic heterocycles. The Labute approximate surface area is 318 Å². The molecule has 0 aliphatic carbocycles. The number of ether oxygens (including phenoxy) is 3. The van der Waals surface area contributed by atoms with E-state index in [0.717, 1.165) is 61.4 Å². The molecule has 0 radical (unpaired) electrons. The van der Waals surface area contributed by atoms with Crippen molar-refractivity contribution in [2.75, 3.05) is 19.7 Å². The van der Waals surface area contributed by atoms with Gasteiger partial charge in [-0.3, -0.25) is 14.5 Å². The van der Waals surface area contributed by atoms with Crippen LogP contribution in [-0.2, 0) is 38.0 Å². The minimum Gasteiger partial charge on any atom is -0.481 e. The average Bonchev–Trinajstić information content (AvgIpc) is 3.62. The smallest absolute Gasteiger partial charge is 0.336 e. The SMILES string of the molecule is CC1(c2ccc(Cl)cc2F)Oc2cccc(C3CCN(Cc4nc5ccc(C(=O)O)cc5n4CC4CCO4)CC3)c2O1.O=C(O)CC(O)(CC(=O)O)C(=O)O. The molecule has 2 saturated heterocycles. The van der Waals surface area contributed by atoms with Gasteiger partial charge in [-0.15, -0.1) is 0 Å². The first kappa shape index (κ1) is 39.4. The summed E-state index contributed by atoms with van der Waals surface area (Å²) in [5.41, 5.74) is 0.503. The fourth-order valence-electron chi connectivity index (χ4n) is 7.02. The third-order valence-corrected chi connectivity index (χ3v) is 10.2. The first-order valence-electron chi connectivity index (χ1n) is 17.5. The van der Waals surface area contributed by atoms with Crippen LogP contribution in [0.5, 0.6) is 11.5 Å². The number of rotatable bonds is 12. The van der Waals surface area contributed by atoms with Crippen LogP contribution < -0.4 is 9.47 Å². The number of nitrogens with zero attached hydrogens (tertiary/aromatic N) is 3. The zero-order valence-electron chi connectivity index (χ0n) is 29.6. The van der Waals surface area contributed by atoms with Crippen LogP contribution in [0, 0.1) is 5.82 Å². The predicted molar refractivity (Wildman–Crippen MR) is 192 cm³/mol. The maximum absolute atomic E-state index is 14.8. The molecule has 0 amide bonds. The number of imidazole rings is 1. The monoisotopic (exact) mass is 783 g/mol. The second kappa shape index (κ2) is 15.8. The van der Waals surface area contributed by atoms with E-state index in [-0.39, 0.29) is 17.6 Å². The average molecular weight is 784 g/mol. The second-order valence-corrected chi connectivity index (χ2v) is 14.3. The molecule has 4 aromatic rings. The molecule has 5 N–H and O–H groups in total. The van der Waals surface area contributed by atoms with E-state index in [9.17, 15) is 28.7 Å². The first-order valence-corrected chi connectivity index (χ1v) is 17.9. The van der Waals surface area contributed by atoms with Crippen molar-refractivity contribution in [2.45, 2.75) is 75.5 Å². The molecule has 15 nitrogen and oxygen atoms in total. The van der Waals surface area contributed by atoms with Crippen LogP contribution in [0.25, 0.3) is 11.0 Å². The van der Waals surface area contributed by atoms with Crippen molar-refractivity contribution in [1.82, 2.24) is 14.5 Å².